The number of carbonyl (C=O) groups is 3. The molecule has 2 aromatic rings. The maximum absolute atomic E-state index is 14.4. The molecule has 1 fully saturated rings. The third-order valence-electron chi connectivity index (χ3n) is 7.15. The van der Waals surface area contributed by atoms with Crippen LogP contribution < -0.4 is 10.6 Å². The van der Waals surface area contributed by atoms with Crippen molar-refractivity contribution < 1.29 is 19.1 Å². The van der Waals surface area contributed by atoms with Gasteiger partial charge in [-0.05, 0) is 62.6 Å². The number of hydrogen-bond acceptors (Lipinski definition) is 4. The summed E-state index contributed by atoms with van der Waals surface area (Å²) >= 11 is 0. The van der Waals surface area contributed by atoms with E-state index >= 15 is 0 Å². The van der Waals surface area contributed by atoms with Gasteiger partial charge < -0.3 is 20.3 Å². The summed E-state index contributed by atoms with van der Waals surface area (Å²) in [4.78, 5) is 42.8. The molecule has 1 saturated carbocycles. The molecule has 3 rings (SSSR count). The molecule has 38 heavy (non-hydrogen) atoms. The highest BCUT2D eigenvalue weighted by Crippen LogP contribution is 2.41. The van der Waals surface area contributed by atoms with E-state index in [-0.39, 0.29) is 29.7 Å². The normalized spacial score (nSPS) is 19.0. The Balaban J connectivity index is 1.99. The molecule has 2 aromatic carbocycles. The molecule has 5 unspecified atom stereocenters. The van der Waals surface area contributed by atoms with Crippen LogP contribution in [0.1, 0.15) is 77.1 Å². The van der Waals surface area contributed by atoms with Crippen LogP contribution in [-0.2, 0) is 20.9 Å². The number of carbonyl (C=O) groups excluding carboxylic acids is 3. The van der Waals surface area contributed by atoms with Gasteiger partial charge in [-0.15, -0.1) is 0 Å². The summed E-state index contributed by atoms with van der Waals surface area (Å²) in [6.45, 7) is 13.7. The molecule has 0 bridgehead atoms. The van der Waals surface area contributed by atoms with Gasteiger partial charge in [0.15, 0.2) is 0 Å². The lowest BCUT2D eigenvalue weighted by atomic mass is 9.94. The average Bonchev–Trinajstić information content (AvgIpc) is 3.59. The van der Waals surface area contributed by atoms with Crippen LogP contribution in [0.4, 0.5) is 4.79 Å². The second-order valence-corrected chi connectivity index (χ2v) is 11.5. The Kier molecular flexibility index (Phi) is 9.58. The number of amides is 3. The Bertz CT molecular complexity index is 1110. The van der Waals surface area contributed by atoms with Gasteiger partial charge in [-0.1, -0.05) is 81.8 Å². The van der Waals surface area contributed by atoms with Crippen molar-refractivity contribution in [3.63, 3.8) is 0 Å². The predicted molar refractivity (Wildman–Crippen MR) is 149 cm³/mol. The number of nitrogens with zero attached hydrogens (tertiary/aromatic N) is 1. The van der Waals surface area contributed by atoms with E-state index in [4.69, 9.17) is 4.74 Å². The first-order valence-corrected chi connectivity index (χ1v) is 13.6. The number of alkyl carbamates (subject to hydrolysis) is 1. The van der Waals surface area contributed by atoms with Crippen LogP contribution in [0.3, 0.4) is 0 Å². The van der Waals surface area contributed by atoms with Gasteiger partial charge in [-0.25, -0.2) is 4.79 Å². The summed E-state index contributed by atoms with van der Waals surface area (Å²) in [5.74, 6) is -0.401. The van der Waals surface area contributed by atoms with Gasteiger partial charge in [0.05, 0.1) is 0 Å². The first-order valence-electron chi connectivity index (χ1n) is 13.6. The van der Waals surface area contributed by atoms with E-state index in [0.717, 1.165) is 23.1 Å². The molecular formula is C31H43N3O4. The summed E-state index contributed by atoms with van der Waals surface area (Å²) in [5.41, 5.74) is 1.99. The van der Waals surface area contributed by atoms with Crippen LogP contribution in [0.25, 0.3) is 0 Å². The topological polar surface area (TPSA) is 87.7 Å². The van der Waals surface area contributed by atoms with Crippen molar-refractivity contribution in [3.8, 4) is 0 Å². The van der Waals surface area contributed by atoms with Gasteiger partial charge in [0.1, 0.15) is 17.7 Å². The summed E-state index contributed by atoms with van der Waals surface area (Å²) in [6.07, 6.45) is 0.843. The SMILES string of the molecule is CCC(C)C(NC(=O)OC(C)(C)C)C(=O)N(C(C(=O)NCc1ccccc1)c1ccccc1C)C1CC1C. The Labute approximate surface area is 227 Å². The molecule has 0 aromatic heterocycles. The van der Waals surface area contributed by atoms with Gasteiger partial charge in [0.2, 0.25) is 11.8 Å². The van der Waals surface area contributed by atoms with Crippen molar-refractivity contribution in [3.05, 3.63) is 71.3 Å². The Hall–Kier alpha value is -3.35. The van der Waals surface area contributed by atoms with E-state index in [0.29, 0.717) is 13.0 Å². The quantitative estimate of drug-likeness (QED) is 0.430. The lowest BCUT2D eigenvalue weighted by Gasteiger charge is -2.37. The highest BCUT2D eigenvalue weighted by molar-refractivity contribution is 5.93. The van der Waals surface area contributed by atoms with Gasteiger partial charge in [-0.3, -0.25) is 9.59 Å². The fourth-order valence-electron chi connectivity index (χ4n) is 4.64. The summed E-state index contributed by atoms with van der Waals surface area (Å²) in [7, 11) is 0. The minimum atomic E-state index is -0.825. The third kappa shape index (κ3) is 7.59. The zero-order valence-corrected chi connectivity index (χ0v) is 23.8. The third-order valence-corrected chi connectivity index (χ3v) is 7.15. The molecule has 0 aliphatic heterocycles. The smallest absolute Gasteiger partial charge is 0.408 e. The first kappa shape index (κ1) is 29.2. The molecule has 5 atom stereocenters. The Morgan fingerprint density at radius 2 is 1.66 bits per heavy atom. The Morgan fingerprint density at radius 3 is 2.21 bits per heavy atom. The molecule has 0 saturated heterocycles. The molecule has 2 N–H and O–H groups in total. The van der Waals surface area contributed by atoms with E-state index in [1.165, 1.54) is 0 Å². The van der Waals surface area contributed by atoms with Crippen molar-refractivity contribution in [1.29, 1.82) is 0 Å². The summed E-state index contributed by atoms with van der Waals surface area (Å²) < 4.78 is 5.49. The monoisotopic (exact) mass is 521 g/mol. The van der Waals surface area contributed by atoms with Crippen molar-refractivity contribution in [2.75, 3.05) is 0 Å². The van der Waals surface area contributed by atoms with Crippen LogP contribution >= 0.6 is 0 Å². The van der Waals surface area contributed by atoms with Gasteiger partial charge in [0.25, 0.3) is 0 Å². The van der Waals surface area contributed by atoms with Crippen LogP contribution in [0.2, 0.25) is 0 Å². The molecule has 0 heterocycles. The van der Waals surface area contributed by atoms with Crippen molar-refractivity contribution in [1.82, 2.24) is 15.5 Å². The molecule has 0 spiro atoms. The van der Waals surface area contributed by atoms with Crippen molar-refractivity contribution in [2.45, 2.75) is 91.6 Å². The zero-order chi connectivity index (χ0) is 28.0. The first-order chi connectivity index (χ1) is 17.9. The van der Waals surface area contributed by atoms with Crippen LogP contribution in [0.15, 0.2) is 54.6 Å². The number of benzene rings is 2. The minimum Gasteiger partial charge on any atom is -0.444 e. The second-order valence-electron chi connectivity index (χ2n) is 11.5. The van der Waals surface area contributed by atoms with Crippen LogP contribution in [-0.4, -0.2) is 40.5 Å². The zero-order valence-electron chi connectivity index (χ0n) is 23.8. The maximum atomic E-state index is 14.4. The molecule has 0 radical (unpaired) electrons. The molecule has 1 aliphatic rings. The van der Waals surface area contributed by atoms with E-state index in [2.05, 4.69) is 17.6 Å². The largest absolute Gasteiger partial charge is 0.444 e. The number of ether oxygens (including phenoxy) is 1. The van der Waals surface area contributed by atoms with Crippen molar-refractivity contribution in [2.24, 2.45) is 11.8 Å². The fourth-order valence-corrected chi connectivity index (χ4v) is 4.64. The number of aryl methyl sites for hydroxylation is 1. The van der Waals surface area contributed by atoms with Gasteiger partial charge >= 0.3 is 6.09 Å². The predicted octanol–water partition coefficient (Wildman–Crippen LogP) is 5.53. The van der Waals surface area contributed by atoms with E-state index in [1.807, 2.05) is 75.4 Å². The minimum absolute atomic E-state index is 0.0958. The lowest BCUT2D eigenvalue weighted by molar-refractivity contribution is -0.144. The van der Waals surface area contributed by atoms with E-state index in [9.17, 15) is 14.4 Å². The highest BCUT2D eigenvalue weighted by atomic mass is 16.6. The lowest BCUT2D eigenvalue weighted by Crippen LogP contribution is -2.56. The standard InChI is InChI=1S/C31H43N3O4/c1-8-20(2)26(33-30(37)38-31(5,6)7)29(36)34(25-18-22(25)4)27(24-17-13-12-14-21(24)3)28(35)32-19-23-15-10-9-11-16-23/h9-17,20,22,25-27H,8,18-19H2,1-7H3,(H,32,35)(H,33,37). The fraction of sp³-hybridized carbons (Fsp3) is 0.516. The molecule has 1 aliphatic carbocycles. The second kappa shape index (κ2) is 12.5. The van der Waals surface area contributed by atoms with Crippen LogP contribution in [0, 0.1) is 18.8 Å². The van der Waals surface area contributed by atoms with Crippen molar-refractivity contribution >= 4 is 17.9 Å². The molecule has 7 nitrogen and oxygen atoms in total. The van der Waals surface area contributed by atoms with Gasteiger partial charge in [0, 0.05) is 12.6 Å². The highest BCUT2D eigenvalue weighted by Gasteiger charge is 2.49. The Morgan fingerprint density at radius 1 is 1.05 bits per heavy atom. The van der Waals surface area contributed by atoms with Crippen LogP contribution in [0.5, 0.6) is 0 Å². The number of hydrogen-bond donors (Lipinski definition) is 2. The molecule has 7 heteroatoms. The summed E-state index contributed by atoms with van der Waals surface area (Å²) in [5, 5.41) is 5.90. The van der Waals surface area contributed by atoms with Gasteiger partial charge in [-0.2, -0.15) is 0 Å². The maximum Gasteiger partial charge on any atom is 0.408 e. The molecule has 206 valence electrons. The number of nitrogens with one attached hydrogen (secondary N) is 2. The van der Waals surface area contributed by atoms with E-state index < -0.39 is 23.8 Å². The molecular weight excluding hydrogens is 478 g/mol. The number of rotatable bonds is 10. The average molecular weight is 522 g/mol. The summed E-state index contributed by atoms with van der Waals surface area (Å²) in [6, 6.07) is 15.7. The molecule has 3 amide bonds. The van der Waals surface area contributed by atoms with E-state index in [1.54, 1.807) is 25.7 Å².